The van der Waals surface area contributed by atoms with E-state index in [0.29, 0.717) is 0 Å². The fourth-order valence-corrected chi connectivity index (χ4v) is 3.48. The lowest BCUT2D eigenvalue weighted by molar-refractivity contribution is -0.131. The van der Waals surface area contributed by atoms with Crippen molar-refractivity contribution in [2.24, 2.45) is 0 Å². The lowest BCUT2D eigenvalue weighted by atomic mass is 10.0. The number of amides is 1. The molecule has 0 bridgehead atoms. The van der Waals surface area contributed by atoms with E-state index in [4.69, 9.17) is 10.5 Å². The van der Waals surface area contributed by atoms with E-state index in [2.05, 4.69) is 0 Å². The van der Waals surface area contributed by atoms with Crippen molar-refractivity contribution in [3.63, 3.8) is 0 Å². The highest BCUT2D eigenvalue weighted by atomic mass is 32.2. The molecular formula is C18H17F2N3O5S. The maximum absolute atomic E-state index is 14.5. The Hall–Kier alpha value is -3.10. The first-order valence-corrected chi connectivity index (χ1v) is 10.1. The second-order valence-corrected chi connectivity index (χ2v) is 9.01. The van der Waals surface area contributed by atoms with Crippen LogP contribution in [-0.4, -0.2) is 35.1 Å². The van der Waals surface area contributed by atoms with Crippen LogP contribution in [0.5, 0.6) is 0 Å². The number of benzene rings is 1. The average Bonchev–Trinajstić information content (AvgIpc) is 2.66. The second-order valence-electron chi connectivity index (χ2n) is 6.57. The molecule has 0 radical (unpaired) electrons. The number of hydrogen-bond acceptors (Lipinski definition) is 6. The number of sulfone groups is 1. The molecule has 154 valence electrons. The Morgan fingerprint density at radius 3 is 2.48 bits per heavy atom. The first-order valence-electron chi connectivity index (χ1n) is 8.18. The van der Waals surface area contributed by atoms with Gasteiger partial charge in [0.25, 0.3) is 11.5 Å². The van der Waals surface area contributed by atoms with Crippen LogP contribution in [0.4, 0.5) is 8.78 Å². The van der Waals surface area contributed by atoms with E-state index in [1.807, 2.05) is 0 Å². The van der Waals surface area contributed by atoms with Crippen molar-refractivity contribution in [3.8, 4) is 17.2 Å². The molecule has 1 atom stereocenters. The molecule has 2 aromatic rings. The van der Waals surface area contributed by atoms with Crippen LogP contribution in [0.2, 0.25) is 0 Å². The van der Waals surface area contributed by atoms with Gasteiger partial charge in [-0.05, 0) is 31.0 Å². The molecule has 8 nitrogen and oxygen atoms in total. The van der Waals surface area contributed by atoms with Gasteiger partial charge < -0.3 is 4.57 Å². The molecule has 29 heavy (non-hydrogen) atoms. The third-order valence-electron chi connectivity index (χ3n) is 4.71. The third-order valence-corrected chi connectivity index (χ3v) is 6.73. The summed E-state index contributed by atoms with van der Waals surface area (Å²) in [6.07, 6.45) is 1.20. The highest BCUT2D eigenvalue weighted by molar-refractivity contribution is 7.92. The maximum Gasteiger partial charge on any atom is 0.264 e. The van der Waals surface area contributed by atoms with Gasteiger partial charge in [-0.1, -0.05) is 6.07 Å². The molecule has 0 aliphatic rings. The van der Waals surface area contributed by atoms with Crippen molar-refractivity contribution in [3.05, 3.63) is 58.0 Å². The molecular weight excluding hydrogens is 408 g/mol. The number of nitriles is 1. The molecule has 0 fully saturated rings. The van der Waals surface area contributed by atoms with Crippen LogP contribution in [0, 0.1) is 23.0 Å². The zero-order valence-electron chi connectivity index (χ0n) is 15.4. The molecule has 1 aromatic carbocycles. The van der Waals surface area contributed by atoms with E-state index >= 15 is 0 Å². The van der Waals surface area contributed by atoms with Crippen LogP contribution in [0.1, 0.15) is 18.9 Å². The Morgan fingerprint density at radius 1 is 1.31 bits per heavy atom. The molecule has 1 unspecified atom stereocenters. The lowest BCUT2D eigenvalue weighted by Gasteiger charge is -2.25. The highest BCUT2D eigenvalue weighted by Gasteiger charge is 2.43. The van der Waals surface area contributed by atoms with Gasteiger partial charge >= 0.3 is 0 Å². The normalized spacial score (nSPS) is 13.4. The quantitative estimate of drug-likeness (QED) is 0.531. The zero-order chi connectivity index (χ0) is 22.0. The van der Waals surface area contributed by atoms with Crippen molar-refractivity contribution in [2.75, 3.05) is 6.26 Å². The van der Waals surface area contributed by atoms with E-state index < -0.39 is 44.1 Å². The molecule has 0 aliphatic heterocycles. The fourth-order valence-electron chi connectivity index (χ4n) is 2.63. The standard InChI is InChI=1S/C18H17F2N3O5S/c1-18(17(25)22-26,29(2,27)28)5-6-23-10-15(20)13(8-16(23)24)11-3-4-12(9-21)14(19)7-11/h3-4,7-8,10,26H,5-6H2,1-2H3,(H,22,25). The first kappa shape index (κ1) is 22.2. The summed E-state index contributed by atoms with van der Waals surface area (Å²) in [5, 5.41) is 17.6. The molecule has 0 saturated carbocycles. The number of nitrogens with one attached hydrogen (secondary N) is 1. The van der Waals surface area contributed by atoms with Gasteiger partial charge in [-0.25, -0.2) is 22.7 Å². The topological polar surface area (TPSA) is 129 Å². The molecule has 1 amide bonds. The number of rotatable bonds is 6. The summed E-state index contributed by atoms with van der Waals surface area (Å²) in [6, 6.07) is 5.90. The number of hydrogen-bond donors (Lipinski definition) is 2. The van der Waals surface area contributed by atoms with Crippen LogP contribution in [-0.2, 0) is 21.2 Å². The summed E-state index contributed by atoms with van der Waals surface area (Å²) in [5.74, 6) is -2.94. The SMILES string of the molecule is CC(CCn1cc(F)c(-c2ccc(C#N)c(F)c2)cc1=O)(C(=O)NO)S(C)(=O)=O. The van der Waals surface area contributed by atoms with Gasteiger partial charge in [0.2, 0.25) is 0 Å². The van der Waals surface area contributed by atoms with Gasteiger partial charge in [0.1, 0.15) is 17.7 Å². The number of halogens is 2. The molecule has 2 N–H and O–H groups in total. The summed E-state index contributed by atoms with van der Waals surface area (Å²) in [4.78, 5) is 24.1. The Bertz CT molecular complexity index is 1170. The summed E-state index contributed by atoms with van der Waals surface area (Å²) in [6.45, 7) is 0.734. The van der Waals surface area contributed by atoms with Crippen molar-refractivity contribution >= 4 is 15.7 Å². The number of aryl methyl sites for hydroxylation is 1. The molecule has 1 heterocycles. The number of hydroxylamine groups is 1. The van der Waals surface area contributed by atoms with Gasteiger partial charge in [-0.2, -0.15) is 5.26 Å². The molecule has 1 aromatic heterocycles. The van der Waals surface area contributed by atoms with E-state index in [1.165, 1.54) is 11.5 Å². The molecule has 0 aliphatic carbocycles. The molecule has 0 spiro atoms. The lowest BCUT2D eigenvalue weighted by Crippen LogP contribution is -2.50. The van der Waals surface area contributed by atoms with E-state index in [1.54, 1.807) is 6.07 Å². The minimum Gasteiger partial charge on any atom is -0.312 e. The largest absolute Gasteiger partial charge is 0.312 e. The second kappa shape index (κ2) is 8.10. The Balaban J connectivity index is 2.40. The van der Waals surface area contributed by atoms with Crippen LogP contribution in [0.15, 0.2) is 35.3 Å². The number of nitrogens with zero attached hydrogens (tertiary/aromatic N) is 2. The number of carbonyl (C=O) groups excluding carboxylic acids is 1. The Kier molecular flexibility index (Phi) is 6.20. The summed E-state index contributed by atoms with van der Waals surface area (Å²) in [7, 11) is -3.98. The molecule has 11 heteroatoms. The van der Waals surface area contributed by atoms with Gasteiger partial charge in [-0.3, -0.25) is 14.8 Å². The first-order chi connectivity index (χ1) is 13.4. The Labute approximate surface area is 164 Å². The summed E-state index contributed by atoms with van der Waals surface area (Å²) in [5.41, 5.74) is 0.179. The van der Waals surface area contributed by atoms with Crippen LogP contribution < -0.4 is 11.0 Å². The average molecular weight is 425 g/mol. The van der Waals surface area contributed by atoms with Crippen LogP contribution in [0.3, 0.4) is 0 Å². The zero-order valence-corrected chi connectivity index (χ0v) is 16.3. The van der Waals surface area contributed by atoms with Crippen molar-refractivity contribution in [1.29, 1.82) is 5.26 Å². The Morgan fingerprint density at radius 2 is 1.97 bits per heavy atom. The minimum atomic E-state index is -3.98. The molecule has 2 rings (SSSR count). The number of carbonyl (C=O) groups is 1. The van der Waals surface area contributed by atoms with Gasteiger partial charge in [0.05, 0.1) is 5.56 Å². The van der Waals surface area contributed by atoms with Gasteiger partial charge in [-0.15, -0.1) is 0 Å². The monoisotopic (exact) mass is 425 g/mol. The fraction of sp³-hybridized carbons (Fsp3) is 0.278. The van der Waals surface area contributed by atoms with E-state index in [9.17, 15) is 26.8 Å². The predicted octanol–water partition coefficient (Wildman–Crippen LogP) is 1.36. The predicted molar refractivity (Wildman–Crippen MR) is 98.6 cm³/mol. The smallest absolute Gasteiger partial charge is 0.264 e. The van der Waals surface area contributed by atoms with Crippen molar-refractivity contribution in [1.82, 2.24) is 10.0 Å². The van der Waals surface area contributed by atoms with Crippen molar-refractivity contribution < 1.29 is 27.2 Å². The third kappa shape index (κ3) is 4.33. The van der Waals surface area contributed by atoms with Gasteiger partial charge in [0.15, 0.2) is 14.6 Å². The number of pyridine rings is 1. The van der Waals surface area contributed by atoms with E-state index in [-0.39, 0.29) is 23.2 Å². The maximum atomic E-state index is 14.5. The number of aromatic nitrogens is 1. The van der Waals surface area contributed by atoms with Gasteiger partial charge in [0, 0.05) is 30.6 Å². The summed E-state index contributed by atoms with van der Waals surface area (Å²) < 4.78 is 51.0. The highest BCUT2D eigenvalue weighted by Crippen LogP contribution is 2.25. The molecule has 0 saturated heterocycles. The minimum absolute atomic E-state index is 0.0453. The van der Waals surface area contributed by atoms with Crippen LogP contribution in [0.25, 0.3) is 11.1 Å². The van der Waals surface area contributed by atoms with E-state index in [0.717, 1.165) is 42.1 Å². The van der Waals surface area contributed by atoms with Crippen LogP contribution >= 0.6 is 0 Å². The van der Waals surface area contributed by atoms with Crippen molar-refractivity contribution in [2.45, 2.75) is 24.6 Å². The summed E-state index contributed by atoms with van der Waals surface area (Å²) >= 11 is 0.